The number of aliphatic hydroxyl groups excluding tert-OH is 1. The van der Waals surface area contributed by atoms with Crippen molar-refractivity contribution in [3.63, 3.8) is 0 Å². The lowest BCUT2D eigenvalue weighted by Gasteiger charge is -2.28. The van der Waals surface area contributed by atoms with Crippen LogP contribution in [-0.4, -0.2) is 17.8 Å². The molecule has 0 bridgehead atoms. The Morgan fingerprint density at radius 1 is 1.40 bits per heavy atom. The molecule has 1 aromatic rings. The minimum atomic E-state index is -0.143. The van der Waals surface area contributed by atoms with Crippen molar-refractivity contribution in [3.8, 4) is 0 Å². The van der Waals surface area contributed by atoms with Gasteiger partial charge in [0.1, 0.15) is 0 Å². The highest BCUT2D eigenvalue weighted by molar-refractivity contribution is 9.10. The van der Waals surface area contributed by atoms with Crippen molar-refractivity contribution in [2.24, 2.45) is 0 Å². The summed E-state index contributed by atoms with van der Waals surface area (Å²) >= 11 is 3.38. The minimum absolute atomic E-state index is 0.0182. The predicted molar refractivity (Wildman–Crippen MR) is 84.7 cm³/mol. The summed E-state index contributed by atoms with van der Waals surface area (Å²) in [5, 5.41) is 13.2. The van der Waals surface area contributed by atoms with Crippen LogP contribution in [-0.2, 0) is 0 Å². The molecule has 20 heavy (non-hydrogen) atoms. The quantitative estimate of drug-likeness (QED) is 0.581. The largest absolute Gasteiger partial charge is 0.406 e. The molecule has 1 saturated carbocycles. The van der Waals surface area contributed by atoms with E-state index in [9.17, 15) is 5.11 Å². The summed E-state index contributed by atoms with van der Waals surface area (Å²) in [4.78, 5) is 3.44. The lowest BCUT2D eigenvalue weighted by molar-refractivity contribution is 0.220. The van der Waals surface area contributed by atoms with Gasteiger partial charge in [0.05, 0.1) is 24.9 Å². The smallest absolute Gasteiger partial charge is 0.210 e. The molecule has 5 heteroatoms. The van der Waals surface area contributed by atoms with Gasteiger partial charge in [0.25, 0.3) is 0 Å². The number of halogens is 1. The van der Waals surface area contributed by atoms with Crippen LogP contribution in [0.1, 0.15) is 43.7 Å². The van der Waals surface area contributed by atoms with Gasteiger partial charge in [0.15, 0.2) is 0 Å². The van der Waals surface area contributed by atoms with Gasteiger partial charge in [-0.05, 0) is 30.5 Å². The van der Waals surface area contributed by atoms with Gasteiger partial charge in [-0.2, -0.15) is 0 Å². The number of nitrogens with two attached hydrogens (primary N) is 1. The maximum Gasteiger partial charge on any atom is 0.210 e. The van der Waals surface area contributed by atoms with Gasteiger partial charge >= 0.3 is 0 Å². The van der Waals surface area contributed by atoms with Crippen LogP contribution < -0.4 is 11.1 Å². The van der Waals surface area contributed by atoms with Crippen LogP contribution in [0, 0.1) is 6.57 Å². The molecule has 0 saturated heterocycles. The fourth-order valence-corrected chi connectivity index (χ4v) is 3.19. The van der Waals surface area contributed by atoms with E-state index in [1.807, 2.05) is 6.07 Å². The van der Waals surface area contributed by atoms with Crippen LogP contribution in [0.5, 0.6) is 0 Å². The van der Waals surface area contributed by atoms with E-state index < -0.39 is 0 Å². The zero-order valence-electron chi connectivity index (χ0n) is 11.4. The molecular weight excluding hydrogens is 318 g/mol. The Labute approximate surface area is 128 Å². The number of nitrogens with one attached hydrogen (secondary N) is 1. The first-order valence-electron chi connectivity index (χ1n) is 6.99. The second-order valence-electron chi connectivity index (χ2n) is 5.28. The summed E-state index contributed by atoms with van der Waals surface area (Å²) in [5.74, 6) is 0. The monoisotopic (exact) mass is 337 g/mol. The first-order valence-corrected chi connectivity index (χ1v) is 7.78. The van der Waals surface area contributed by atoms with Crippen molar-refractivity contribution in [2.45, 2.75) is 44.2 Å². The zero-order valence-corrected chi connectivity index (χ0v) is 13.0. The van der Waals surface area contributed by atoms with Crippen LogP contribution >= 0.6 is 15.9 Å². The number of aliphatic hydroxyl groups is 1. The Morgan fingerprint density at radius 3 is 2.70 bits per heavy atom. The number of nitrogens with zero attached hydrogens (tertiary/aromatic N) is 1. The van der Waals surface area contributed by atoms with E-state index >= 15 is 0 Å². The van der Waals surface area contributed by atoms with Gasteiger partial charge in [-0.3, -0.25) is 0 Å². The SMILES string of the molecule is [C-]#[N+]c1cc(C(CO)NC2CCCCC2)cc(Br)c1N. The van der Waals surface area contributed by atoms with E-state index in [4.69, 9.17) is 12.3 Å². The second-order valence-corrected chi connectivity index (χ2v) is 6.14. The highest BCUT2D eigenvalue weighted by Gasteiger charge is 2.20. The molecule has 4 N–H and O–H groups in total. The van der Waals surface area contributed by atoms with E-state index in [1.54, 1.807) is 6.07 Å². The molecule has 108 valence electrons. The number of hydrogen-bond donors (Lipinski definition) is 3. The molecule has 0 heterocycles. The zero-order chi connectivity index (χ0) is 14.5. The van der Waals surface area contributed by atoms with Crippen molar-refractivity contribution in [1.82, 2.24) is 5.32 Å². The van der Waals surface area contributed by atoms with Crippen molar-refractivity contribution >= 4 is 27.3 Å². The van der Waals surface area contributed by atoms with Gasteiger partial charge in [0, 0.05) is 10.5 Å². The highest BCUT2D eigenvalue weighted by atomic mass is 79.9. The van der Waals surface area contributed by atoms with Gasteiger partial charge in [0.2, 0.25) is 5.69 Å². The van der Waals surface area contributed by atoms with E-state index in [1.165, 1.54) is 19.3 Å². The Hall–Kier alpha value is -1.09. The molecule has 2 rings (SSSR count). The van der Waals surface area contributed by atoms with Crippen LogP contribution in [0.3, 0.4) is 0 Å². The molecule has 0 amide bonds. The van der Waals surface area contributed by atoms with Gasteiger partial charge < -0.3 is 16.2 Å². The fraction of sp³-hybridized carbons (Fsp3) is 0.533. The second kappa shape index (κ2) is 7.07. The number of rotatable bonds is 4. The van der Waals surface area contributed by atoms with Gasteiger partial charge in [-0.15, -0.1) is 0 Å². The minimum Gasteiger partial charge on any atom is -0.406 e. The molecule has 1 aliphatic carbocycles. The molecule has 1 aromatic carbocycles. The van der Waals surface area contributed by atoms with E-state index in [2.05, 4.69) is 26.1 Å². The average molecular weight is 338 g/mol. The van der Waals surface area contributed by atoms with Crippen molar-refractivity contribution in [2.75, 3.05) is 12.3 Å². The summed E-state index contributed by atoms with van der Waals surface area (Å²) < 4.78 is 0.713. The average Bonchev–Trinajstić information content (AvgIpc) is 2.48. The van der Waals surface area contributed by atoms with Crippen LogP contribution in [0.25, 0.3) is 4.85 Å². The van der Waals surface area contributed by atoms with Gasteiger partial charge in [-0.25, -0.2) is 4.85 Å². The Balaban J connectivity index is 2.18. The van der Waals surface area contributed by atoms with Crippen molar-refractivity contribution < 1.29 is 5.11 Å². The summed E-state index contributed by atoms with van der Waals surface area (Å²) in [6.07, 6.45) is 6.10. The molecule has 1 fully saturated rings. The number of nitrogen functional groups attached to an aromatic ring is 1. The Bertz CT molecular complexity index is 507. The summed E-state index contributed by atoms with van der Waals surface area (Å²) in [6, 6.07) is 3.97. The summed E-state index contributed by atoms with van der Waals surface area (Å²) in [7, 11) is 0. The molecule has 0 aromatic heterocycles. The standard InChI is InChI=1S/C15H20BrN3O/c1-18-13-8-10(7-12(16)15(13)17)14(9-20)19-11-5-3-2-4-6-11/h7-8,11,14,19-20H,2-6,9,17H2. The first-order chi connectivity index (χ1) is 9.65. The van der Waals surface area contributed by atoms with Crippen molar-refractivity contribution in [1.29, 1.82) is 0 Å². The number of hydrogen-bond acceptors (Lipinski definition) is 3. The van der Waals surface area contributed by atoms with Crippen LogP contribution in [0.15, 0.2) is 16.6 Å². The molecule has 4 nitrogen and oxygen atoms in total. The molecule has 1 unspecified atom stereocenters. The van der Waals surface area contributed by atoms with Crippen molar-refractivity contribution in [3.05, 3.63) is 33.6 Å². The molecule has 0 spiro atoms. The fourth-order valence-electron chi connectivity index (χ4n) is 2.73. The van der Waals surface area contributed by atoms with E-state index in [-0.39, 0.29) is 12.6 Å². The third kappa shape index (κ3) is 3.51. The van der Waals surface area contributed by atoms with Crippen LogP contribution in [0.4, 0.5) is 11.4 Å². The first kappa shape index (κ1) is 15.3. The molecule has 0 radical (unpaired) electrons. The molecule has 1 aliphatic rings. The molecular formula is C15H20BrN3O. The summed E-state index contributed by atoms with van der Waals surface area (Å²) in [6.45, 7) is 7.19. The van der Waals surface area contributed by atoms with Gasteiger partial charge in [-0.1, -0.05) is 35.2 Å². The third-order valence-electron chi connectivity index (χ3n) is 3.88. The lowest BCUT2D eigenvalue weighted by atomic mass is 9.94. The predicted octanol–water partition coefficient (Wildman–Crippen LogP) is 3.54. The Kier molecular flexibility index (Phi) is 5.41. The number of anilines is 1. The topological polar surface area (TPSA) is 62.6 Å². The van der Waals surface area contributed by atoms with E-state index in [0.717, 1.165) is 18.4 Å². The highest BCUT2D eigenvalue weighted by Crippen LogP contribution is 2.34. The lowest BCUT2D eigenvalue weighted by Crippen LogP contribution is -2.36. The number of benzene rings is 1. The molecule has 0 aliphatic heterocycles. The third-order valence-corrected chi connectivity index (χ3v) is 4.53. The maximum atomic E-state index is 9.65. The van der Waals surface area contributed by atoms with Crippen LogP contribution in [0.2, 0.25) is 0 Å². The van der Waals surface area contributed by atoms with E-state index in [0.29, 0.717) is 21.9 Å². The normalized spacial score (nSPS) is 17.6. The molecule has 1 atom stereocenters. The summed E-state index contributed by atoms with van der Waals surface area (Å²) in [5.41, 5.74) is 7.64. The Morgan fingerprint density at radius 2 is 2.10 bits per heavy atom. The maximum absolute atomic E-state index is 9.65.